The first-order chi connectivity index (χ1) is 12.9. The Morgan fingerprint density at radius 2 is 2.22 bits per heavy atom. The van der Waals surface area contributed by atoms with Crippen LogP contribution in [0.4, 0.5) is 4.39 Å². The molecule has 2 atom stereocenters. The van der Waals surface area contributed by atoms with Crippen molar-refractivity contribution in [3.05, 3.63) is 42.0 Å². The smallest absolute Gasteiger partial charge is 0.273 e. The number of hydrogen-bond acceptors (Lipinski definition) is 5. The van der Waals surface area contributed by atoms with Gasteiger partial charge in [-0.05, 0) is 25.5 Å². The molecule has 1 N–H and O–H groups in total. The van der Waals surface area contributed by atoms with Crippen LogP contribution in [0.2, 0.25) is 0 Å². The maximum atomic E-state index is 14.0. The second-order valence-corrected chi connectivity index (χ2v) is 7.02. The lowest BCUT2D eigenvalue weighted by Gasteiger charge is -2.24. The van der Waals surface area contributed by atoms with Gasteiger partial charge in [0, 0.05) is 24.9 Å². The monoisotopic (exact) mass is 374 g/mol. The number of nitrogens with zero attached hydrogens (tertiary/aromatic N) is 5. The summed E-state index contributed by atoms with van der Waals surface area (Å²) in [6, 6.07) is 3.25. The van der Waals surface area contributed by atoms with E-state index in [0.29, 0.717) is 6.54 Å². The maximum absolute atomic E-state index is 14.0. The number of alkyl halides is 1. The van der Waals surface area contributed by atoms with Crippen molar-refractivity contribution < 1.29 is 14.0 Å². The summed E-state index contributed by atoms with van der Waals surface area (Å²) in [6.07, 6.45) is 4.14. The summed E-state index contributed by atoms with van der Waals surface area (Å²) in [5.41, 5.74) is 0.990. The minimum atomic E-state index is -1.07. The number of hydrogen-bond donors (Lipinski definition) is 1. The molecule has 1 saturated heterocycles. The molecule has 27 heavy (non-hydrogen) atoms. The molecule has 0 aliphatic carbocycles. The second-order valence-electron chi connectivity index (χ2n) is 7.02. The van der Waals surface area contributed by atoms with E-state index in [2.05, 4.69) is 20.6 Å². The first kappa shape index (κ1) is 18.9. The number of amides is 2. The van der Waals surface area contributed by atoms with Crippen LogP contribution in [-0.2, 0) is 17.8 Å². The highest BCUT2D eigenvalue weighted by molar-refractivity contribution is 5.92. The molecule has 2 aromatic rings. The minimum absolute atomic E-state index is 0.00892. The van der Waals surface area contributed by atoms with Gasteiger partial charge in [-0.15, -0.1) is 5.10 Å². The molecular weight excluding hydrogens is 351 g/mol. The highest BCUT2D eigenvalue weighted by Crippen LogP contribution is 2.23. The van der Waals surface area contributed by atoms with Crippen LogP contribution in [0, 0.1) is 0 Å². The summed E-state index contributed by atoms with van der Waals surface area (Å²) in [7, 11) is 0. The van der Waals surface area contributed by atoms with Crippen LogP contribution in [0.3, 0.4) is 0 Å². The van der Waals surface area contributed by atoms with Gasteiger partial charge in [0.1, 0.15) is 6.17 Å². The fourth-order valence-corrected chi connectivity index (χ4v) is 3.16. The molecule has 1 fully saturated rings. The van der Waals surface area contributed by atoms with E-state index in [1.54, 1.807) is 23.4 Å². The molecule has 9 heteroatoms. The van der Waals surface area contributed by atoms with Crippen molar-refractivity contribution in [2.24, 2.45) is 0 Å². The maximum Gasteiger partial charge on any atom is 0.273 e. The fraction of sp³-hybridized carbons (Fsp3) is 0.500. The molecule has 8 nitrogen and oxygen atoms in total. The van der Waals surface area contributed by atoms with Gasteiger partial charge in [0.25, 0.3) is 5.91 Å². The Balaban J connectivity index is 1.65. The zero-order valence-electron chi connectivity index (χ0n) is 15.4. The molecule has 0 bridgehead atoms. The van der Waals surface area contributed by atoms with Gasteiger partial charge in [-0.25, -0.2) is 9.07 Å². The van der Waals surface area contributed by atoms with Crippen LogP contribution in [0.15, 0.2) is 30.7 Å². The number of rotatable bonds is 6. The number of carbonyl (C=O) groups excluding carboxylic acids is 2. The third kappa shape index (κ3) is 4.87. The molecule has 0 saturated carbocycles. The second kappa shape index (κ2) is 8.24. The van der Waals surface area contributed by atoms with E-state index in [-0.39, 0.29) is 49.0 Å². The van der Waals surface area contributed by atoms with Gasteiger partial charge in [0.05, 0.1) is 31.7 Å². The molecule has 1 aliphatic heterocycles. The van der Waals surface area contributed by atoms with Crippen molar-refractivity contribution in [3.8, 4) is 0 Å². The van der Waals surface area contributed by atoms with Crippen molar-refractivity contribution in [1.29, 1.82) is 0 Å². The quantitative estimate of drug-likeness (QED) is 0.814. The highest BCUT2D eigenvalue weighted by atomic mass is 19.1. The highest BCUT2D eigenvalue weighted by Gasteiger charge is 2.35. The molecule has 2 amide bonds. The average molecular weight is 374 g/mol. The molecule has 3 rings (SSSR count). The molecule has 0 radical (unpaired) electrons. The Morgan fingerprint density at radius 3 is 2.93 bits per heavy atom. The normalized spacial score (nSPS) is 19.5. The van der Waals surface area contributed by atoms with Crippen LogP contribution >= 0.6 is 0 Å². The lowest BCUT2D eigenvalue weighted by Crippen LogP contribution is -2.39. The molecule has 1 aliphatic rings. The Morgan fingerprint density at radius 1 is 1.41 bits per heavy atom. The van der Waals surface area contributed by atoms with Crippen molar-refractivity contribution in [3.63, 3.8) is 0 Å². The predicted molar refractivity (Wildman–Crippen MR) is 95.6 cm³/mol. The lowest BCUT2D eigenvalue weighted by atomic mass is 10.1. The zero-order chi connectivity index (χ0) is 19.4. The van der Waals surface area contributed by atoms with Crippen LogP contribution in [-0.4, -0.2) is 61.5 Å². The molecule has 144 valence electrons. The Bertz CT molecular complexity index is 794. The SMILES string of the molecule is CC(C)NC(=O)c1cn(C[C@@H]2C[C@H](F)CN2C(=O)Cc2cccnc2)nn1. The predicted octanol–water partition coefficient (Wildman–Crippen LogP) is 0.993. The average Bonchev–Trinajstić information content (AvgIpc) is 3.22. The Hall–Kier alpha value is -2.84. The van der Waals surface area contributed by atoms with Gasteiger partial charge in [-0.2, -0.15) is 0 Å². The summed E-state index contributed by atoms with van der Waals surface area (Å²) < 4.78 is 15.5. The Labute approximate surface area is 156 Å². The third-order valence-electron chi connectivity index (χ3n) is 4.35. The van der Waals surface area contributed by atoms with Crippen molar-refractivity contribution in [2.75, 3.05) is 6.54 Å². The van der Waals surface area contributed by atoms with Crippen molar-refractivity contribution in [1.82, 2.24) is 30.2 Å². The van der Waals surface area contributed by atoms with Gasteiger partial charge >= 0.3 is 0 Å². The number of nitrogens with one attached hydrogen (secondary N) is 1. The number of pyridine rings is 1. The van der Waals surface area contributed by atoms with E-state index in [1.807, 2.05) is 19.9 Å². The summed E-state index contributed by atoms with van der Waals surface area (Å²) in [5.74, 6) is -0.457. The molecule has 0 unspecified atom stereocenters. The van der Waals surface area contributed by atoms with Gasteiger partial charge in [-0.1, -0.05) is 11.3 Å². The summed E-state index contributed by atoms with van der Waals surface area (Å²) in [6.45, 7) is 4.07. The topological polar surface area (TPSA) is 93.0 Å². The zero-order valence-corrected chi connectivity index (χ0v) is 15.4. The minimum Gasteiger partial charge on any atom is -0.348 e. The van der Waals surface area contributed by atoms with Crippen LogP contribution in [0.25, 0.3) is 0 Å². The third-order valence-corrected chi connectivity index (χ3v) is 4.35. The summed E-state index contributed by atoms with van der Waals surface area (Å²) >= 11 is 0. The molecule has 2 aromatic heterocycles. The van der Waals surface area contributed by atoms with E-state index in [4.69, 9.17) is 0 Å². The first-order valence-electron chi connectivity index (χ1n) is 8.96. The summed E-state index contributed by atoms with van der Waals surface area (Å²) in [5, 5.41) is 10.6. The summed E-state index contributed by atoms with van der Waals surface area (Å²) in [4.78, 5) is 30.1. The number of carbonyl (C=O) groups is 2. The van der Waals surface area contributed by atoms with Gasteiger partial charge in [0.15, 0.2) is 5.69 Å². The molecular formula is C18H23FN6O2. The Kier molecular flexibility index (Phi) is 5.78. The van der Waals surface area contributed by atoms with Gasteiger partial charge in [0.2, 0.25) is 5.91 Å². The van der Waals surface area contributed by atoms with E-state index in [1.165, 1.54) is 10.9 Å². The van der Waals surface area contributed by atoms with E-state index in [0.717, 1.165) is 5.56 Å². The molecule has 0 aromatic carbocycles. The first-order valence-corrected chi connectivity index (χ1v) is 8.96. The van der Waals surface area contributed by atoms with Crippen LogP contribution < -0.4 is 5.32 Å². The van der Waals surface area contributed by atoms with Crippen LogP contribution in [0.5, 0.6) is 0 Å². The molecule has 3 heterocycles. The van der Waals surface area contributed by atoms with Gasteiger partial charge in [-0.3, -0.25) is 14.6 Å². The number of halogens is 1. The standard InChI is InChI=1S/C18H23FN6O2/c1-12(2)21-18(27)16-11-24(23-22-16)10-15-7-14(19)9-25(15)17(26)6-13-4-3-5-20-8-13/h3-5,8,11-12,14-15H,6-7,9-10H2,1-2H3,(H,21,27)/t14-,15-/m0/s1. The van der Waals surface area contributed by atoms with Gasteiger partial charge < -0.3 is 10.2 Å². The number of likely N-dealkylation sites (tertiary alicyclic amines) is 1. The van der Waals surface area contributed by atoms with E-state index < -0.39 is 6.17 Å². The fourth-order valence-electron chi connectivity index (χ4n) is 3.16. The molecule has 0 spiro atoms. The van der Waals surface area contributed by atoms with E-state index >= 15 is 0 Å². The largest absolute Gasteiger partial charge is 0.348 e. The lowest BCUT2D eigenvalue weighted by molar-refractivity contribution is -0.131. The van der Waals surface area contributed by atoms with Crippen molar-refractivity contribution in [2.45, 2.75) is 51.5 Å². The number of aromatic nitrogens is 4. The van der Waals surface area contributed by atoms with E-state index in [9.17, 15) is 14.0 Å². The van der Waals surface area contributed by atoms with Crippen LogP contribution in [0.1, 0.15) is 36.3 Å². The van der Waals surface area contributed by atoms with Crippen molar-refractivity contribution >= 4 is 11.8 Å².